The van der Waals surface area contributed by atoms with Gasteiger partial charge in [0.25, 0.3) is 5.69 Å². The van der Waals surface area contributed by atoms with Crippen LogP contribution in [-0.4, -0.2) is 23.2 Å². The van der Waals surface area contributed by atoms with Crippen molar-refractivity contribution in [3.63, 3.8) is 0 Å². The van der Waals surface area contributed by atoms with Gasteiger partial charge in [0.05, 0.1) is 29.2 Å². The highest BCUT2D eigenvalue weighted by Crippen LogP contribution is 2.29. The first-order chi connectivity index (χ1) is 13.0. The Morgan fingerprint density at radius 2 is 1.81 bits per heavy atom. The number of anilines is 1. The van der Waals surface area contributed by atoms with Crippen LogP contribution < -0.4 is 10.2 Å². The summed E-state index contributed by atoms with van der Waals surface area (Å²) in [7, 11) is 1.54. The number of nitro benzene ring substituents is 2. The van der Waals surface area contributed by atoms with Crippen molar-refractivity contribution in [2.24, 2.45) is 5.10 Å². The highest BCUT2D eigenvalue weighted by Gasteiger charge is 2.19. The highest BCUT2D eigenvalue weighted by molar-refractivity contribution is 6.02. The molecule has 0 spiro atoms. The Kier molecular flexibility index (Phi) is 4.93. The van der Waals surface area contributed by atoms with E-state index in [9.17, 15) is 20.2 Å². The molecule has 0 fully saturated rings. The molecular weight excluding hydrogens is 352 g/mol. The summed E-state index contributed by atoms with van der Waals surface area (Å²) in [6, 6.07) is 14.7. The standard InChI is InChI=1S/C18H14N4O5/c1-27-18-9-6-12-4-2-3-5-14(12)15(18)11-19-20-16-8-7-13(21(23)24)10-17(16)22(25)26/h2-11,20H,1H3. The van der Waals surface area contributed by atoms with E-state index in [-0.39, 0.29) is 11.4 Å². The van der Waals surface area contributed by atoms with E-state index < -0.39 is 15.5 Å². The quantitative estimate of drug-likeness (QED) is 0.398. The van der Waals surface area contributed by atoms with E-state index >= 15 is 0 Å². The number of rotatable bonds is 6. The second-order valence-electron chi connectivity index (χ2n) is 5.49. The van der Waals surface area contributed by atoms with Crippen LogP contribution in [0.1, 0.15) is 5.56 Å². The molecule has 0 unspecified atom stereocenters. The number of nitrogens with zero attached hydrogens (tertiary/aromatic N) is 3. The van der Waals surface area contributed by atoms with Crippen molar-refractivity contribution >= 4 is 34.0 Å². The van der Waals surface area contributed by atoms with Crippen LogP contribution in [0.2, 0.25) is 0 Å². The van der Waals surface area contributed by atoms with Gasteiger partial charge in [-0.3, -0.25) is 25.7 Å². The minimum Gasteiger partial charge on any atom is -0.496 e. The minimum atomic E-state index is -0.705. The first-order valence-corrected chi connectivity index (χ1v) is 7.79. The summed E-state index contributed by atoms with van der Waals surface area (Å²) in [5.74, 6) is 0.595. The number of hydrazone groups is 1. The van der Waals surface area contributed by atoms with Gasteiger partial charge in [0.2, 0.25) is 0 Å². The predicted octanol–water partition coefficient (Wildman–Crippen LogP) is 4.11. The van der Waals surface area contributed by atoms with E-state index in [1.54, 1.807) is 6.07 Å². The Hall–Kier alpha value is -4.01. The number of nitrogens with one attached hydrogen (secondary N) is 1. The molecular formula is C18H14N4O5. The van der Waals surface area contributed by atoms with Gasteiger partial charge in [0.1, 0.15) is 11.4 Å². The van der Waals surface area contributed by atoms with Gasteiger partial charge in [-0.05, 0) is 22.9 Å². The normalized spacial score (nSPS) is 10.9. The van der Waals surface area contributed by atoms with Crippen molar-refractivity contribution in [2.75, 3.05) is 12.5 Å². The van der Waals surface area contributed by atoms with Crippen LogP contribution in [-0.2, 0) is 0 Å². The molecule has 27 heavy (non-hydrogen) atoms. The third-order valence-electron chi connectivity index (χ3n) is 3.92. The number of methoxy groups -OCH3 is 1. The fourth-order valence-corrected chi connectivity index (χ4v) is 2.63. The first-order valence-electron chi connectivity index (χ1n) is 7.79. The van der Waals surface area contributed by atoms with Crippen molar-refractivity contribution in [3.8, 4) is 5.75 Å². The molecule has 0 aliphatic heterocycles. The molecule has 0 radical (unpaired) electrons. The molecule has 0 aromatic heterocycles. The van der Waals surface area contributed by atoms with Gasteiger partial charge in [0, 0.05) is 11.6 Å². The van der Waals surface area contributed by atoms with E-state index in [2.05, 4.69) is 10.5 Å². The minimum absolute atomic E-state index is 0.0426. The summed E-state index contributed by atoms with van der Waals surface area (Å²) in [6.45, 7) is 0. The molecule has 3 aromatic rings. The van der Waals surface area contributed by atoms with E-state index in [0.29, 0.717) is 11.3 Å². The Bertz CT molecular complexity index is 1060. The van der Waals surface area contributed by atoms with Gasteiger partial charge in [-0.1, -0.05) is 30.3 Å². The fraction of sp³-hybridized carbons (Fsp3) is 0.0556. The maximum Gasteiger partial charge on any atom is 0.301 e. The molecule has 3 aromatic carbocycles. The molecule has 0 amide bonds. The van der Waals surface area contributed by atoms with Crippen molar-refractivity contribution in [1.29, 1.82) is 0 Å². The number of ether oxygens (including phenoxy) is 1. The lowest BCUT2D eigenvalue weighted by Gasteiger charge is -2.08. The van der Waals surface area contributed by atoms with Crippen LogP contribution >= 0.6 is 0 Å². The number of hydrogen-bond acceptors (Lipinski definition) is 7. The average molecular weight is 366 g/mol. The number of fused-ring (bicyclic) bond motifs is 1. The van der Waals surface area contributed by atoms with Crippen LogP contribution in [0.25, 0.3) is 10.8 Å². The van der Waals surface area contributed by atoms with E-state index in [0.717, 1.165) is 16.8 Å². The fourth-order valence-electron chi connectivity index (χ4n) is 2.63. The molecule has 0 aliphatic rings. The van der Waals surface area contributed by atoms with Crippen LogP contribution in [0.3, 0.4) is 0 Å². The molecule has 0 bridgehead atoms. The van der Waals surface area contributed by atoms with Crippen molar-refractivity contribution in [2.45, 2.75) is 0 Å². The van der Waals surface area contributed by atoms with Gasteiger partial charge >= 0.3 is 5.69 Å². The zero-order chi connectivity index (χ0) is 19.4. The van der Waals surface area contributed by atoms with Gasteiger partial charge in [-0.2, -0.15) is 5.10 Å². The lowest BCUT2D eigenvalue weighted by atomic mass is 10.0. The van der Waals surface area contributed by atoms with Crippen LogP contribution in [0.15, 0.2) is 59.7 Å². The molecule has 0 saturated carbocycles. The highest BCUT2D eigenvalue weighted by atomic mass is 16.6. The van der Waals surface area contributed by atoms with E-state index in [1.165, 1.54) is 25.5 Å². The first kappa shape index (κ1) is 17.8. The second kappa shape index (κ2) is 7.48. The van der Waals surface area contributed by atoms with Crippen LogP contribution in [0.5, 0.6) is 5.75 Å². The predicted molar refractivity (Wildman–Crippen MR) is 101 cm³/mol. The number of hydrogen-bond donors (Lipinski definition) is 1. The molecule has 9 nitrogen and oxygen atoms in total. The largest absolute Gasteiger partial charge is 0.496 e. The molecule has 0 aliphatic carbocycles. The van der Waals surface area contributed by atoms with Gasteiger partial charge in [-0.15, -0.1) is 0 Å². The third-order valence-corrected chi connectivity index (χ3v) is 3.92. The molecule has 0 heterocycles. The van der Waals surface area contributed by atoms with Gasteiger partial charge < -0.3 is 4.74 Å². The summed E-state index contributed by atoms with van der Waals surface area (Å²) in [6.07, 6.45) is 1.49. The number of benzene rings is 3. The Balaban J connectivity index is 1.96. The van der Waals surface area contributed by atoms with Crippen molar-refractivity contribution in [1.82, 2.24) is 0 Å². The second-order valence-corrected chi connectivity index (χ2v) is 5.49. The maximum atomic E-state index is 11.2. The van der Waals surface area contributed by atoms with Gasteiger partial charge in [-0.25, -0.2) is 0 Å². The van der Waals surface area contributed by atoms with Crippen molar-refractivity contribution < 1.29 is 14.6 Å². The Morgan fingerprint density at radius 3 is 2.52 bits per heavy atom. The monoisotopic (exact) mass is 366 g/mol. The third kappa shape index (κ3) is 3.66. The molecule has 0 atom stereocenters. The molecule has 0 saturated heterocycles. The number of non-ortho nitro benzene ring substituents is 1. The number of nitro groups is 2. The van der Waals surface area contributed by atoms with Crippen LogP contribution in [0, 0.1) is 20.2 Å². The lowest BCUT2D eigenvalue weighted by Crippen LogP contribution is -1.99. The molecule has 136 valence electrons. The topological polar surface area (TPSA) is 120 Å². The average Bonchev–Trinajstić information content (AvgIpc) is 2.67. The summed E-state index contributed by atoms with van der Waals surface area (Å²) < 4.78 is 5.36. The molecule has 9 heteroatoms. The zero-order valence-corrected chi connectivity index (χ0v) is 14.2. The van der Waals surface area contributed by atoms with Crippen LogP contribution in [0.4, 0.5) is 17.1 Å². The summed E-state index contributed by atoms with van der Waals surface area (Å²) >= 11 is 0. The maximum absolute atomic E-state index is 11.2. The summed E-state index contributed by atoms with van der Waals surface area (Å²) in [5, 5.41) is 27.9. The SMILES string of the molecule is COc1ccc2ccccc2c1C=NNc1ccc([N+](=O)[O-])cc1[N+](=O)[O-]. The van der Waals surface area contributed by atoms with Crippen molar-refractivity contribution in [3.05, 3.63) is 80.4 Å². The smallest absolute Gasteiger partial charge is 0.301 e. The summed E-state index contributed by atoms with van der Waals surface area (Å²) in [5.41, 5.74) is 2.51. The summed E-state index contributed by atoms with van der Waals surface area (Å²) in [4.78, 5) is 20.6. The Morgan fingerprint density at radius 1 is 1.04 bits per heavy atom. The molecule has 3 rings (SSSR count). The van der Waals surface area contributed by atoms with E-state index in [4.69, 9.17) is 4.74 Å². The Labute approximate surface area is 153 Å². The van der Waals surface area contributed by atoms with Gasteiger partial charge in [0.15, 0.2) is 0 Å². The molecule has 1 N–H and O–H groups in total. The zero-order valence-electron chi connectivity index (χ0n) is 14.2. The van der Waals surface area contributed by atoms with E-state index in [1.807, 2.05) is 30.3 Å². The lowest BCUT2D eigenvalue weighted by molar-refractivity contribution is -0.393.